The molecule has 0 fully saturated rings. The van der Waals surface area contributed by atoms with Crippen LogP contribution in [0.2, 0.25) is 0 Å². The van der Waals surface area contributed by atoms with Crippen molar-refractivity contribution in [1.82, 2.24) is 10.6 Å². The standard InChI is InChI=1S/C4H9FN2O/c1-6-4(8)2-7-3-5/h2,6-8H,3H2,1H3/b4-2+. The number of rotatable bonds is 3. The van der Waals surface area contributed by atoms with Crippen LogP contribution in [0.15, 0.2) is 12.1 Å². The summed E-state index contributed by atoms with van der Waals surface area (Å²) in [6.45, 7) is -0.675. The fourth-order valence-electron chi connectivity index (χ4n) is 0.207. The number of aliphatic hydroxyl groups excluding tert-OH is 1. The molecule has 0 bridgehead atoms. The van der Waals surface area contributed by atoms with Gasteiger partial charge in [-0.3, -0.25) is 0 Å². The minimum absolute atomic E-state index is 0.0809. The lowest BCUT2D eigenvalue weighted by Gasteiger charge is -1.95. The molecule has 0 aliphatic rings. The molecule has 0 rings (SSSR count). The molecule has 4 heteroatoms. The van der Waals surface area contributed by atoms with Gasteiger partial charge in [0.05, 0.1) is 6.20 Å². The maximum absolute atomic E-state index is 11.2. The summed E-state index contributed by atoms with van der Waals surface area (Å²) in [6.07, 6.45) is 1.14. The first-order valence-electron chi connectivity index (χ1n) is 2.17. The van der Waals surface area contributed by atoms with Gasteiger partial charge in [0.15, 0.2) is 12.7 Å². The molecule has 0 saturated carbocycles. The van der Waals surface area contributed by atoms with Crippen LogP contribution in [0.25, 0.3) is 0 Å². The molecule has 0 aliphatic heterocycles. The summed E-state index contributed by atoms with van der Waals surface area (Å²) in [5.41, 5.74) is 0. The van der Waals surface area contributed by atoms with Gasteiger partial charge in [0.25, 0.3) is 0 Å². The smallest absolute Gasteiger partial charge is 0.200 e. The second-order valence-electron chi connectivity index (χ2n) is 1.12. The average molecular weight is 120 g/mol. The molecule has 48 valence electrons. The van der Waals surface area contributed by atoms with Crippen LogP contribution in [0.1, 0.15) is 0 Å². The van der Waals surface area contributed by atoms with E-state index < -0.39 is 6.80 Å². The monoisotopic (exact) mass is 120 g/mol. The molecule has 0 aromatic carbocycles. The molecule has 0 saturated heterocycles. The number of nitrogens with one attached hydrogen (secondary N) is 2. The maximum atomic E-state index is 11.2. The van der Waals surface area contributed by atoms with Crippen molar-refractivity contribution in [3.63, 3.8) is 0 Å². The molecule has 3 nitrogen and oxygen atoms in total. The van der Waals surface area contributed by atoms with Gasteiger partial charge in [0.2, 0.25) is 0 Å². The highest BCUT2D eigenvalue weighted by atomic mass is 19.1. The van der Waals surface area contributed by atoms with Crippen LogP contribution in [0.3, 0.4) is 0 Å². The molecular formula is C4H9FN2O. The van der Waals surface area contributed by atoms with Crippen molar-refractivity contribution < 1.29 is 9.50 Å². The predicted molar refractivity (Wildman–Crippen MR) is 28.9 cm³/mol. The van der Waals surface area contributed by atoms with Crippen molar-refractivity contribution >= 4 is 0 Å². The zero-order valence-corrected chi connectivity index (χ0v) is 4.61. The molecular weight excluding hydrogens is 111 g/mol. The Labute approximate surface area is 47.2 Å². The van der Waals surface area contributed by atoms with Crippen molar-refractivity contribution in [3.8, 4) is 0 Å². The number of alkyl halides is 1. The van der Waals surface area contributed by atoms with E-state index in [-0.39, 0.29) is 5.88 Å². The third-order valence-corrected chi connectivity index (χ3v) is 0.572. The lowest BCUT2D eigenvalue weighted by Crippen LogP contribution is -2.10. The summed E-state index contributed by atoms with van der Waals surface area (Å²) >= 11 is 0. The normalized spacial score (nSPS) is 11.0. The molecule has 0 aliphatic carbocycles. The van der Waals surface area contributed by atoms with Gasteiger partial charge in [-0.1, -0.05) is 0 Å². The van der Waals surface area contributed by atoms with Crippen LogP contribution in [0.5, 0.6) is 0 Å². The molecule has 0 spiro atoms. The van der Waals surface area contributed by atoms with E-state index in [9.17, 15) is 4.39 Å². The maximum Gasteiger partial charge on any atom is 0.200 e. The van der Waals surface area contributed by atoms with E-state index in [1.165, 1.54) is 7.05 Å². The topological polar surface area (TPSA) is 44.3 Å². The van der Waals surface area contributed by atoms with E-state index >= 15 is 0 Å². The van der Waals surface area contributed by atoms with Crippen molar-refractivity contribution in [2.24, 2.45) is 0 Å². The highest BCUT2D eigenvalue weighted by molar-refractivity contribution is 4.83. The van der Waals surface area contributed by atoms with E-state index in [1.807, 2.05) is 0 Å². The second-order valence-corrected chi connectivity index (χ2v) is 1.12. The Kier molecular flexibility index (Phi) is 3.74. The largest absolute Gasteiger partial charge is 0.494 e. The Morgan fingerprint density at radius 3 is 2.88 bits per heavy atom. The minimum Gasteiger partial charge on any atom is -0.494 e. The summed E-state index contributed by atoms with van der Waals surface area (Å²) in [4.78, 5) is 0. The Morgan fingerprint density at radius 1 is 1.88 bits per heavy atom. The molecule has 8 heavy (non-hydrogen) atoms. The van der Waals surface area contributed by atoms with Crippen LogP contribution in [0.4, 0.5) is 4.39 Å². The first kappa shape index (κ1) is 7.07. The van der Waals surface area contributed by atoms with Gasteiger partial charge in [-0.05, 0) is 0 Å². The van der Waals surface area contributed by atoms with Crippen molar-refractivity contribution in [2.45, 2.75) is 0 Å². The first-order valence-corrected chi connectivity index (χ1v) is 2.17. The first-order chi connectivity index (χ1) is 3.81. The summed E-state index contributed by atoms with van der Waals surface area (Å²) in [6, 6.07) is 0. The summed E-state index contributed by atoms with van der Waals surface area (Å²) < 4.78 is 11.2. The van der Waals surface area contributed by atoms with Crippen LogP contribution in [-0.2, 0) is 0 Å². The quantitative estimate of drug-likeness (QED) is 0.365. The molecule has 3 N–H and O–H groups in total. The molecule has 0 atom stereocenters. The summed E-state index contributed by atoms with van der Waals surface area (Å²) in [7, 11) is 1.53. The Bertz CT molecular complexity index is 84.1. The van der Waals surface area contributed by atoms with E-state index in [4.69, 9.17) is 5.11 Å². The number of halogens is 1. The SMILES string of the molecule is CN/C(O)=C\NCF. The van der Waals surface area contributed by atoms with Crippen molar-refractivity contribution in [2.75, 3.05) is 13.8 Å². The Hall–Kier alpha value is -0.930. The number of hydrogen-bond donors (Lipinski definition) is 3. The van der Waals surface area contributed by atoms with Crippen LogP contribution in [-0.4, -0.2) is 19.0 Å². The lowest BCUT2D eigenvalue weighted by molar-refractivity contribution is 0.365. The van der Waals surface area contributed by atoms with Crippen molar-refractivity contribution in [1.29, 1.82) is 0 Å². The van der Waals surface area contributed by atoms with Gasteiger partial charge in [-0.25, -0.2) is 4.39 Å². The van der Waals surface area contributed by atoms with Gasteiger partial charge < -0.3 is 15.7 Å². The summed E-state index contributed by atoms with van der Waals surface area (Å²) in [5, 5.41) is 13.1. The second kappa shape index (κ2) is 4.23. The van der Waals surface area contributed by atoms with E-state index in [1.54, 1.807) is 0 Å². The van der Waals surface area contributed by atoms with Crippen molar-refractivity contribution in [3.05, 3.63) is 12.1 Å². The molecule has 0 unspecified atom stereocenters. The lowest BCUT2D eigenvalue weighted by atomic mass is 10.8. The van der Waals surface area contributed by atoms with Gasteiger partial charge >= 0.3 is 0 Å². The fourth-order valence-corrected chi connectivity index (χ4v) is 0.207. The highest BCUT2D eigenvalue weighted by Gasteiger charge is 1.80. The molecule has 0 aromatic heterocycles. The van der Waals surface area contributed by atoms with Gasteiger partial charge in [-0.2, -0.15) is 0 Å². The minimum atomic E-state index is -0.675. The average Bonchev–Trinajstić information content (AvgIpc) is 1.83. The molecule has 0 heterocycles. The molecule has 0 aromatic rings. The zero-order valence-electron chi connectivity index (χ0n) is 4.61. The van der Waals surface area contributed by atoms with Gasteiger partial charge in [-0.15, -0.1) is 0 Å². The predicted octanol–water partition coefficient (Wildman–Crippen LogP) is 0.0793. The van der Waals surface area contributed by atoms with E-state index in [2.05, 4.69) is 10.6 Å². The third-order valence-electron chi connectivity index (χ3n) is 0.572. The molecule has 0 amide bonds. The van der Waals surface area contributed by atoms with Gasteiger partial charge in [0, 0.05) is 7.05 Å². The van der Waals surface area contributed by atoms with E-state index in [0.29, 0.717) is 0 Å². The van der Waals surface area contributed by atoms with Crippen LogP contribution < -0.4 is 10.6 Å². The fraction of sp³-hybridized carbons (Fsp3) is 0.500. The number of aliphatic hydroxyl groups is 1. The van der Waals surface area contributed by atoms with Gasteiger partial charge in [0.1, 0.15) is 0 Å². The Morgan fingerprint density at radius 2 is 2.50 bits per heavy atom. The molecule has 0 radical (unpaired) electrons. The number of hydrogen-bond acceptors (Lipinski definition) is 3. The van der Waals surface area contributed by atoms with Crippen LogP contribution >= 0.6 is 0 Å². The summed E-state index contributed by atoms with van der Waals surface area (Å²) in [5.74, 6) is -0.0809. The third kappa shape index (κ3) is 3.27. The zero-order chi connectivity index (χ0) is 6.41. The van der Waals surface area contributed by atoms with Crippen LogP contribution in [0, 0.1) is 0 Å². The highest BCUT2D eigenvalue weighted by Crippen LogP contribution is 1.72. The Balaban J connectivity index is 3.26. The van der Waals surface area contributed by atoms with E-state index in [0.717, 1.165) is 6.20 Å².